The number of nitrogens with zero attached hydrogens (tertiary/aromatic N) is 1. The van der Waals surface area contributed by atoms with Gasteiger partial charge in [-0.3, -0.25) is 4.98 Å². The Morgan fingerprint density at radius 1 is 1.56 bits per heavy atom. The molecule has 1 rings (SSSR count). The summed E-state index contributed by atoms with van der Waals surface area (Å²) in [6.45, 7) is 0. The first-order valence-electron chi connectivity index (χ1n) is 2.08. The molecule has 0 aromatic carbocycles. The summed E-state index contributed by atoms with van der Waals surface area (Å²) in [4.78, 5) is 3.48. The van der Waals surface area contributed by atoms with Gasteiger partial charge in [-0.05, 0) is 28.1 Å². The van der Waals surface area contributed by atoms with E-state index in [1.54, 1.807) is 12.1 Å². The van der Waals surface area contributed by atoms with Crippen LogP contribution in [0.3, 0.4) is 0 Å². The van der Waals surface area contributed by atoms with E-state index in [-0.39, 0.29) is 35.4 Å². The zero-order chi connectivity index (χ0) is 5.98. The van der Waals surface area contributed by atoms with Crippen LogP contribution >= 0.6 is 15.9 Å². The number of aromatic nitrogens is 1. The van der Waals surface area contributed by atoms with Crippen molar-refractivity contribution in [3.05, 3.63) is 22.8 Å². The number of hydrogen-bond acceptors (Lipinski definition) is 2. The molecule has 4 heteroatoms. The molecular formula is C5H3BrNNaO. The van der Waals surface area contributed by atoms with Gasteiger partial charge in [0.1, 0.15) is 0 Å². The van der Waals surface area contributed by atoms with Gasteiger partial charge in [-0.1, -0.05) is 0 Å². The number of pyridine rings is 1. The van der Waals surface area contributed by atoms with E-state index in [9.17, 15) is 5.11 Å². The van der Waals surface area contributed by atoms with Gasteiger partial charge in [0.25, 0.3) is 0 Å². The van der Waals surface area contributed by atoms with E-state index in [1.807, 2.05) is 0 Å². The van der Waals surface area contributed by atoms with E-state index in [2.05, 4.69) is 20.9 Å². The largest absolute Gasteiger partial charge is 1.00 e. The van der Waals surface area contributed by atoms with Crippen molar-refractivity contribution in [2.75, 3.05) is 0 Å². The molecule has 2 nitrogen and oxygen atoms in total. The summed E-state index contributed by atoms with van der Waals surface area (Å²) < 4.78 is 0.514. The maximum atomic E-state index is 10.5. The second kappa shape index (κ2) is 4.28. The van der Waals surface area contributed by atoms with Crippen LogP contribution in [0.1, 0.15) is 0 Å². The zero-order valence-corrected chi connectivity index (χ0v) is 8.55. The van der Waals surface area contributed by atoms with Crippen LogP contribution in [0.5, 0.6) is 5.88 Å². The Kier molecular flexibility index (Phi) is 4.48. The SMILES string of the molecule is [Na+].[O-]c1ncccc1Br. The molecule has 0 spiro atoms. The predicted octanol–water partition coefficient (Wildman–Crippen LogP) is -2.08. The van der Waals surface area contributed by atoms with E-state index in [4.69, 9.17) is 0 Å². The van der Waals surface area contributed by atoms with Gasteiger partial charge in [0.2, 0.25) is 0 Å². The van der Waals surface area contributed by atoms with Gasteiger partial charge in [-0.25, -0.2) is 0 Å². The van der Waals surface area contributed by atoms with Gasteiger partial charge in [0.15, 0.2) is 0 Å². The molecule has 0 aliphatic rings. The molecule has 0 saturated carbocycles. The van der Waals surface area contributed by atoms with Crippen LogP contribution in [0.4, 0.5) is 0 Å². The number of hydrogen-bond donors (Lipinski definition) is 0. The summed E-state index contributed by atoms with van der Waals surface area (Å²) in [5.41, 5.74) is 0. The maximum absolute atomic E-state index is 10.5. The van der Waals surface area contributed by atoms with Crippen LogP contribution in [0.15, 0.2) is 22.8 Å². The van der Waals surface area contributed by atoms with Crippen molar-refractivity contribution >= 4 is 15.9 Å². The van der Waals surface area contributed by atoms with Crippen molar-refractivity contribution in [1.82, 2.24) is 4.98 Å². The van der Waals surface area contributed by atoms with Gasteiger partial charge < -0.3 is 5.11 Å². The van der Waals surface area contributed by atoms with Crippen LogP contribution in [-0.2, 0) is 0 Å². The first-order chi connectivity index (χ1) is 3.80. The van der Waals surface area contributed by atoms with Gasteiger partial charge in [0.05, 0.1) is 0 Å². The molecule has 0 amide bonds. The molecule has 0 atom stereocenters. The Bertz CT molecular complexity index is 173. The predicted molar refractivity (Wildman–Crippen MR) is 31.4 cm³/mol. The van der Waals surface area contributed by atoms with Crippen LogP contribution in [-0.4, -0.2) is 4.98 Å². The number of rotatable bonds is 0. The monoisotopic (exact) mass is 195 g/mol. The Morgan fingerprint density at radius 3 is 2.56 bits per heavy atom. The van der Waals surface area contributed by atoms with Gasteiger partial charge in [0, 0.05) is 16.5 Å². The third kappa shape index (κ3) is 2.67. The molecule has 1 aromatic rings. The van der Waals surface area contributed by atoms with Crippen molar-refractivity contribution in [2.24, 2.45) is 0 Å². The van der Waals surface area contributed by atoms with Gasteiger partial charge in [-0.2, -0.15) is 0 Å². The molecule has 42 valence electrons. The summed E-state index contributed by atoms with van der Waals surface area (Å²) in [6, 6.07) is 3.36. The Labute approximate surface area is 83.7 Å². The minimum Gasteiger partial charge on any atom is -0.858 e. The van der Waals surface area contributed by atoms with E-state index in [0.717, 1.165) is 0 Å². The first kappa shape index (κ1) is 9.43. The molecule has 0 N–H and O–H groups in total. The Hall–Kier alpha value is 0.430. The van der Waals surface area contributed by atoms with Crippen LogP contribution < -0.4 is 34.7 Å². The fourth-order valence-electron chi connectivity index (χ4n) is 0.371. The summed E-state index contributed by atoms with van der Waals surface area (Å²) in [6.07, 6.45) is 1.47. The van der Waals surface area contributed by atoms with Crippen LogP contribution in [0.25, 0.3) is 0 Å². The minimum atomic E-state index is -0.215. The fourth-order valence-corrected chi connectivity index (χ4v) is 0.626. The van der Waals surface area contributed by atoms with Crippen LogP contribution in [0, 0.1) is 0 Å². The fraction of sp³-hybridized carbons (Fsp3) is 0. The quantitative estimate of drug-likeness (QED) is 0.446. The molecule has 1 heterocycles. The Balaban J connectivity index is 0.000000640. The van der Waals surface area contributed by atoms with E-state index in [0.29, 0.717) is 4.47 Å². The molecule has 0 fully saturated rings. The second-order valence-electron chi connectivity index (χ2n) is 1.29. The summed E-state index contributed by atoms with van der Waals surface area (Å²) >= 11 is 3.02. The van der Waals surface area contributed by atoms with Crippen molar-refractivity contribution in [1.29, 1.82) is 0 Å². The standard InChI is InChI=1S/C5H4BrNO.Na/c6-4-2-1-3-7-5(4)8;/h1-3H,(H,7,8);/q;+1/p-1. The number of halogens is 1. The average molecular weight is 196 g/mol. The molecule has 0 bridgehead atoms. The molecular weight excluding hydrogens is 193 g/mol. The normalized spacial score (nSPS) is 8.11. The molecule has 0 aliphatic heterocycles. The van der Waals surface area contributed by atoms with Crippen molar-refractivity contribution in [3.8, 4) is 5.88 Å². The average Bonchev–Trinajstić information content (AvgIpc) is 1.77. The molecule has 0 radical (unpaired) electrons. The first-order valence-corrected chi connectivity index (χ1v) is 2.87. The van der Waals surface area contributed by atoms with Crippen molar-refractivity contribution in [2.45, 2.75) is 0 Å². The van der Waals surface area contributed by atoms with Crippen LogP contribution in [0.2, 0.25) is 0 Å². The third-order valence-electron chi connectivity index (χ3n) is 0.725. The molecule has 0 aliphatic carbocycles. The molecule has 1 aromatic heterocycles. The third-order valence-corrected chi connectivity index (χ3v) is 1.33. The minimum absolute atomic E-state index is 0. The maximum Gasteiger partial charge on any atom is 1.00 e. The molecule has 9 heavy (non-hydrogen) atoms. The van der Waals surface area contributed by atoms with E-state index in [1.165, 1.54) is 6.20 Å². The summed E-state index contributed by atoms with van der Waals surface area (Å²) in [5.74, 6) is -0.215. The smallest absolute Gasteiger partial charge is 0.858 e. The topological polar surface area (TPSA) is 36.0 Å². The van der Waals surface area contributed by atoms with Crippen molar-refractivity contribution in [3.63, 3.8) is 0 Å². The van der Waals surface area contributed by atoms with Crippen molar-refractivity contribution < 1.29 is 34.7 Å². The summed E-state index contributed by atoms with van der Waals surface area (Å²) in [5, 5.41) is 10.5. The van der Waals surface area contributed by atoms with Gasteiger partial charge >= 0.3 is 29.6 Å². The van der Waals surface area contributed by atoms with Gasteiger partial charge in [-0.15, -0.1) is 0 Å². The molecule has 0 saturated heterocycles. The summed E-state index contributed by atoms with van der Waals surface area (Å²) in [7, 11) is 0. The van der Waals surface area contributed by atoms with E-state index >= 15 is 0 Å². The van der Waals surface area contributed by atoms with E-state index < -0.39 is 0 Å². The second-order valence-corrected chi connectivity index (χ2v) is 2.14. The Morgan fingerprint density at radius 2 is 2.22 bits per heavy atom. The zero-order valence-electron chi connectivity index (χ0n) is 4.97. The molecule has 0 unspecified atom stereocenters.